The molecule has 26 heavy (non-hydrogen) atoms. The van der Waals surface area contributed by atoms with Gasteiger partial charge in [0.25, 0.3) is 0 Å². The minimum absolute atomic E-state index is 0.526. The number of carbonyl (C=O) groups is 1. The van der Waals surface area contributed by atoms with E-state index in [-0.39, 0.29) is 0 Å². The van der Waals surface area contributed by atoms with Gasteiger partial charge in [-0.1, -0.05) is 29.7 Å². The summed E-state index contributed by atoms with van der Waals surface area (Å²) in [4.78, 5) is 11.9. The van der Waals surface area contributed by atoms with Crippen LogP contribution in [0.2, 0.25) is 0 Å². The maximum atomic E-state index is 11.9. The van der Waals surface area contributed by atoms with Crippen molar-refractivity contribution in [1.29, 1.82) is 0 Å². The predicted molar refractivity (Wildman–Crippen MR) is 109 cm³/mol. The Morgan fingerprint density at radius 1 is 1.00 bits per heavy atom. The van der Waals surface area contributed by atoms with Gasteiger partial charge in [-0.15, -0.1) is 0 Å². The van der Waals surface area contributed by atoms with Crippen LogP contribution >= 0.6 is 0 Å². The summed E-state index contributed by atoms with van der Waals surface area (Å²) in [6.45, 7) is 6.98. The number of hydrogen-bond donors (Lipinski definition) is 0. The monoisotopic (exact) mass is 354 g/mol. The van der Waals surface area contributed by atoms with Crippen LogP contribution in [-0.2, 0) is 4.79 Å². The van der Waals surface area contributed by atoms with Crippen molar-refractivity contribution in [3.63, 3.8) is 0 Å². The van der Waals surface area contributed by atoms with E-state index in [0.717, 1.165) is 48.9 Å². The fourth-order valence-corrected chi connectivity index (χ4v) is 7.22. The Kier molecular flexibility index (Phi) is 5.44. The summed E-state index contributed by atoms with van der Waals surface area (Å²) in [7, 11) is 0. The fraction of sp³-hybridized carbons (Fsp3) is 0.800. The lowest BCUT2D eigenvalue weighted by atomic mass is 9.59. The van der Waals surface area contributed by atoms with Crippen LogP contribution in [0.1, 0.15) is 91.4 Å². The van der Waals surface area contributed by atoms with Gasteiger partial charge in [-0.05, 0) is 107 Å². The van der Waals surface area contributed by atoms with Crippen molar-refractivity contribution in [2.45, 2.75) is 91.4 Å². The van der Waals surface area contributed by atoms with E-state index in [1.807, 2.05) is 5.57 Å². The molecule has 6 unspecified atom stereocenters. The molecule has 0 heterocycles. The van der Waals surface area contributed by atoms with Crippen LogP contribution in [0.4, 0.5) is 0 Å². The Morgan fingerprint density at radius 2 is 1.85 bits per heavy atom. The number of hydrogen-bond acceptors (Lipinski definition) is 1. The van der Waals surface area contributed by atoms with Gasteiger partial charge in [-0.25, -0.2) is 0 Å². The number of Topliss-reactive ketones (excluding diaryl/α,β-unsaturated/α-hetero) is 1. The largest absolute Gasteiger partial charge is 0.300 e. The summed E-state index contributed by atoms with van der Waals surface area (Å²) in [6.07, 6.45) is 16.3. The Balaban J connectivity index is 1.45. The molecule has 4 rings (SSSR count). The maximum absolute atomic E-state index is 11.9. The fourth-order valence-electron chi connectivity index (χ4n) is 7.22. The summed E-state index contributed by atoms with van der Waals surface area (Å²) in [5.41, 5.74) is 5.09. The van der Waals surface area contributed by atoms with E-state index in [1.165, 1.54) is 56.9 Å². The highest BCUT2D eigenvalue weighted by atomic mass is 16.1. The summed E-state index contributed by atoms with van der Waals surface area (Å²) >= 11 is 0. The Morgan fingerprint density at radius 3 is 2.65 bits per heavy atom. The summed E-state index contributed by atoms with van der Waals surface area (Å²) < 4.78 is 0. The van der Waals surface area contributed by atoms with Gasteiger partial charge < -0.3 is 0 Å². The van der Waals surface area contributed by atoms with Gasteiger partial charge in [0.15, 0.2) is 0 Å². The normalized spacial score (nSPS) is 37.7. The van der Waals surface area contributed by atoms with E-state index in [1.54, 1.807) is 5.57 Å². The molecule has 4 aliphatic carbocycles. The van der Waals surface area contributed by atoms with Crippen LogP contribution in [0.5, 0.6) is 0 Å². The molecule has 1 heteroatoms. The second kappa shape index (κ2) is 7.64. The first-order valence-corrected chi connectivity index (χ1v) is 11.4. The standard InChI is InChI=1S/C25H38O/c1-16(2)5-4-6-17(3)20-11-12-25-22(20)13-14-23-21-10-8-19(26)15-18(21)7-9-24(23)25/h5,17-18,20,22,24-25H,4,6-15H2,1-3H3. The molecule has 0 radical (unpaired) electrons. The zero-order chi connectivity index (χ0) is 18.3. The van der Waals surface area contributed by atoms with E-state index in [9.17, 15) is 4.79 Å². The second-order valence-corrected chi connectivity index (χ2v) is 10.1. The predicted octanol–water partition coefficient (Wildman–Crippen LogP) is 6.88. The second-order valence-electron chi connectivity index (χ2n) is 10.1. The average Bonchev–Trinajstić information content (AvgIpc) is 3.05. The Hall–Kier alpha value is -0.850. The molecule has 1 nitrogen and oxygen atoms in total. The van der Waals surface area contributed by atoms with Crippen molar-refractivity contribution < 1.29 is 4.79 Å². The highest BCUT2D eigenvalue weighted by Crippen LogP contribution is 2.58. The van der Waals surface area contributed by atoms with Crippen LogP contribution < -0.4 is 0 Å². The van der Waals surface area contributed by atoms with E-state index >= 15 is 0 Å². The quantitative estimate of drug-likeness (QED) is 0.503. The van der Waals surface area contributed by atoms with Crippen LogP contribution in [0.3, 0.4) is 0 Å². The van der Waals surface area contributed by atoms with Crippen molar-refractivity contribution in [1.82, 2.24) is 0 Å². The molecule has 6 atom stereocenters. The number of rotatable bonds is 4. The minimum atomic E-state index is 0.526. The van der Waals surface area contributed by atoms with Crippen molar-refractivity contribution >= 4 is 5.78 Å². The van der Waals surface area contributed by atoms with Gasteiger partial charge in [0, 0.05) is 12.8 Å². The lowest BCUT2D eigenvalue weighted by molar-refractivity contribution is -0.120. The van der Waals surface area contributed by atoms with E-state index in [0.29, 0.717) is 11.7 Å². The molecule has 3 fully saturated rings. The van der Waals surface area contributed by atoms with Crippen LogP contribution in [0.25, 0.3) is 0 Å². The van der Waals surface area contributed by atoms with Crippen molar-refractivity contribution in [3.8, 4) is 0 Å². The molecular weight excluding hydrogens is 316 g/mol. The zero-order valence-electron chi connectivity index (χ0n) is 17.2. The number of ketones is 1. The van der Waals surface area contributed by atoms with Gasteiger partial charge >= 0.3 is 0 Å². The summed E-state index contributed by atoms with van der Waals surface area (Å²) in [5.74, 6) is 5.88. The molecule has 0 spiro atoms. The molecule has 0 bridgehead atoms. The van der Waals surface area contributed by atoms with E-state index in [2.05, 4.69) is 26.8 Å². The topological polar surface area (TPSA) is 17.1 Å². The highest BCUT2D eigenvalue weighted by molar-refractivity contribution is 5.80. The SMILES string of the molecule is CC(C)=CCCC(C)C1CCC2C3CCC4CC(=O)CCC4=C3CCC12. The summed E-state index contributed by atoms with van der Waals surface area (Å²) in [5, 5.41) is 0. The highest BCUT2D eigenvalue weighted by Gasteiger charge is 2.47. The van der Waals surface area contributed by atoms with Crippen molar-refractivity contribution in [2.24, 2.45) is 35.5 Å². The van der Waals surface area contributed by atoms with Crippen molar-refractivity contribution in [2.75, 3.05) is 0 Å². The van der Waals surface area contributed by atoms with Crippen LogP contribution in [-0.4, -0.2) is 5.78 Å². The lowest BCUT2D eigenvalue weighted by Gasteiger charge is -2.45. The smallest absolute Gasteiger partial charge is 0.133 e. The van der Waals surface area contributed by atoms with Gasteiger partial charge in [0.1, 0.15) is 5.78 Å². The molecule has 3 saturated carbocycles. The number of fused-ring (bicyclic) bond motifs is 4. The third-order valence-corrected chi connectivity index (χ3v) is 8.43. The third kappa shape index (κ3) is 3.48. The molecule has 0 aromatic heterocycles. The average molecular weight is 355 g/mol. The van der Waals surface area contributed by atoms with Gasteiger partial charge in [-0.3, -0.25) is 4.79 Å². The molecular formula is C25H38O. The zero-order valence-corrected chi connectivity index (χ0v) is 17.2. The van der Waals surface area contributed by atoms with E-state index < -0.39 is 0 Å². The lowest BCUT2D eigenvalue weighted by Crippen LogP contribution is -2.36. The minimum Gasteiger partial charge on any atom is -0.300 e. The Labute approximate surface area is 160 Å². The van der Waals surface area contributed by atoms with Crippen molar-refractivity contribution in [3.05, 3.63) is 22.8 Å². The molecule has 0 aromatic rings. The third-order valence-electron chi connectivity index (χ3n) is 8.43. The first kappa shape index (κ1) is 18.5. The van der Waals surface area contributed by atoms with Gasteiger partial charge in [0.05, 0.1) is 0 Å². The first-order chi connectivity index (χ1) is 12.5. The maximum Gasteiger partial charge on any atom is 0.133 e. The molecule has 0 aromatic carbocycles. The number of allylic oxidation sites excluding steroid dienone is 4. The summed E-state index contributed by atoms with van der Waals surface area (Å²) in [6, 6.07) is 0. The molecule has 144 valence electrons. The van der Waals surface area contributed by atoms with Crippen LogP contribution in [0.15, 0.2) is 22.8 Å². The van der Waals surface area contributed by atoms with Gasteiger partial charge in [0.2, 0.25) is 0 Å². The van der Waals surface area contributed by atoms with E-state index in [4.69, 9.17) is 0 Å². The Bertz CT molecular complexity index is 606. The molecule has 0 saturated heterocycles. The molecule has 0 amide bonds. The number of carbonyl (C=O) groups excluding carboxylic acids is 1. The molecule has 0 N–H and O–H groups in total. The van der Waals surface area contributed by atoms with Crippen LogP contribution in [0, 0.1) is 35.5 Å². The molecule has 0 aliphatic heterocycles. The molecule has 4 aliphatic rings. The van der Waals surface area contributed by atoms with Gasteiger partial charge in [-0.2, -0.15) is 0 Å². The first-order valence-electron chi connectivity index (χ1n) is 11.4.